The summed E-state index contributed by atoms with van der Waals surface area (Å²) in [6.07, 6.45) is 4.55. The number of hydrogen-bond acceptors (Lipinski definition) is 5. The van der Waals surface area contributed by atoms with Crippen LogP contribution in [-0.2, 0) is 25.6 Å². The van der Waals surface area contributed by atoms with Crippen LogP contribution in [0, 0.1) is 5.41 Å². The topological polar surface area (TPSA) is 150 Å². The Kier molecular flexibility index (Phi) is 5.39. The van der Waals surface area contributed by atoms with Crippen LogP contribution in [-0.4, -0.2) is 63.2 Å². The van der Waals surface area contributed by atoms with Crippen LogP contribution < -0.4 is 16.4 Å². The molecule has 28 heavy (non-hydrogen) atoms. The highest BCUT2D eigenvalue weighted by atomic mass is 16.2. The number of aromatic nitrogens is 2. The van der Waals surface area contributed by atoms with E-state index in [4.69, 9.17) is 5.73 Å². The van der Waals surface area contributed by atoms with Gasteiger partial charge in [-0.1, -0.05) is 13.8 Å². The van der Waals surface area contributed by atoms with Crippen LogP contribution in [0.4, 0.5) is 0 Å². The number of amides is 4. The van der Waals surface area contributed by atoms with Gasteiger partial charge in [-0.2, -0.15) is 0 Å². The first-order chi connectivity index (χ1) is 13.2. The van der Waals surface area contributed by atoms with Gasteiger partial charge in [0.1, 0.15) is 18.1 Å². The Morgan fingerprint density at radius 3 is 2.75 bits per heavy atom. The van der Waals surface area contributed by atoms with Crippen LogP contribution in [0.15, 0.2) is 12.5 Å². The Labute approximate surface area is 162 Å². The van der Waals surface area contributed by atoms with Gasteiger partial charge in [-0.05, 0) is 18.3 Å². The molecule has 2 aliphatic heterocycles. The number of aromatic amines is 1. The van der Waals surface area contributed by atoms with Gasteiger partial charge in [0.2, 0.25) is 23.6 Å². The minimum atomic E-state index is -0.902. The summed E-state index contributed by atoms with van der Waals surface area (Å²) < 4.78 is 0. The van der Waals surface area contributed by atoms with Crippen molar-refractivity contribution in [2.24, 2.45) is 11.1 Å². The number of carbonyl (C=O) groups excluding carboxylic acids is 4. The fourth-order valence-corrected chi connectivity index (χ4v) is 3.97. The number of rotatable bonds is 6. The monoisotopic (exact) mass is 390 g/mol. The average molecular weight is 390 g/mol. The van der Waals surface area contributed by atoms with E-state index in [1.54, 1.807) is 6.20 Å². The quantitative estimate of drug-likeness (QED) is 0.482. The zero-order chi connectivity index (χ0) is 20.5. The third-order valence-corrected chi connectivity index (χ3v) is 5.51. The van der Waals surface area contributed by atoms with Crippen molar-refractivity contribution >= 4 is 23.6 Å². The highest BCUT2D eigenvalue weighted by Crippen LogP contribution is 2.36. The van der Waals surface area contributed by atoms with Crippen LogP contribution in [0.2, 0.25) is 0 Å². The number of hydrogen-bond donors (Lipinski definition) is 4. The van der Waals surface area contributed by atoms with Crippen molar-refractivity contribution in [2.75, 3.05) is 6.54 Å². The molecule has 0 bridgehead atoms. The first kappa shape index (κ1) is 19.8. The second kappa shape index (κ2) is 7.61. The first-order valence-electron chi connectivity index (χ1n) is 9.36. The lowest BCUT2D eigenvalue weighted by molar-refractivity contribution is -0.142. The van der Waals surface area contributed by atoms with Crippen LogP contribution >= 0.6 is 0 Å². The summed E-state index contributed by atoms with van der Waals surface area (Å²) in [7, 11) is 0. The Morgan fingerprint density at radius 2 is 2.18 bits per heavy atom. The van der Waals surface area contributed by atoms with Gasteiger partial charge >= 0.3 is 0 Å². The summed E-state index contributed by atoms with van der Waals surface area (Å²) >= 11 is 0. The van der Waals surface area contributed by atoms with Crippen molar-refractivity contribution in [3.63, 3.8) is 0 Å². The Bertz CT molecular complexity index is 775. The number of primary amides is 1. The number of nitrogens with zero attached hydrogens (tertiary/aromatic N) is 2. The zero-order valence-electron chi connectivity index (χ0n) is 16.0. The number of likely N-dealkylation sites (tertiary alicyclic amines) is 1. The Morgan fingerprint density at radius 1 is 1.43 bits per heavy atom. The van der Waals surface area contributed by atoms with Gasteiger partial charge in [-0.25, -0.2) is 4.98 Å². The van der Waals surface area contributed by atoms with E-state index >= 15 is 0 Å². The smallest absolute Gasteiger partial charge is 0.246 e. The van der Waals surface area contributed by atoms with Gasteiger partial charge in [0.05, 0.1) is 6.33 Å². The molecule has 0 aliphatic carbocycles. The number of H-pyrrole nitrogens is 1. The van der Waals surface area contributed by atoms with Crippen molar-refractivity contribution in [1.82, 2.24) is 25.5 Å². The first-order valence-corrected chi connectivity index (χ1v) is 9.36. The molecular formula is C18H26N6O4. The van der Waals surface area contributed by atoms with Crippen LogP contribution in [0.25, 0.3) is 0 Å². The highest BCUT2D eigenvalue weighted by Gasteiger charge is 2.47. The molecule has 2 saturated heterocycles. The minimum absolute atomic E-state index is 0.188. The minimum Gasteiger partial charge on any atom is -0.368 e. The molecule has 3 rings (SSSR count). The fourth-order valence-electron chi connectivity index (χ4n) is 3.97. The molecule has 1 aromatic heterocycles. The molecule has 0 spiro atoms. The molecule has 4 amide bonds. The van der Waals surface area contributed by atoms with E-state index in [1.165, 1.54) is 11.2 Å². The Balaban J connectivity index is 1.79. The van der Waals surface area contributed by atoms with Gasteiger partial charge in [-0.3, -0.25) is 19.2 Å². The largest absolute Gasteiger partial charge is 0.368 e. The molecule has 10 nitrogen and oxygen atoms in total. The summed E-state index contributed by atoms with van der Waals surface area (Å²) in [5.41, 5.74) is 5.80. The summed E-state index contributed by atoms with van der Waals surface area (Å²) in [5.74, 6) is -1.54. The van der Waals surface area contributed by atoms with E-state index in [0.29, 0.717) is 25.1 Å². The van der Waals surface area contributed by atoms with E-state index in [9.17, 15) is 19.2 Å². The lowest BCUT2D eigenvalue weighted by Gasteiger charge is -2.32. The SMILES string of the molecule is CC1(C)CCN(C(=O)[C@H](Cc2cnc[nH]2)NC(=O)[C@@H]2CCC(=O)N2)[C@@H]1C(N)=O. The summed E-state index contributed by atoms with van der Waals surface area (Å²) in [5, 5.41) is 5.33. The van der Waals surface area contributed by atoms with Crippen molar-refractivity contribution in [3.8, 4) is 0 Å². The lowest BCUT2D eigenvalue weighted by Crippen LogP contribution is -2.57. The maximum atomic E-state index is 13.3. The molecule has 5 N–H and O–H groups in total. The summed E-state index contributed by atoms with van der Waals surface area (Å²) in [4.78, 5) is 57.6. The molecule has 152 valence electrons. The third-order valence-electron chi connectivity index (χ3n) is 5.51. The molecule has 3 atom stereocenters. The predicted octanol–water partition coefficient (Wildman–Crippen LogP) is -1.17. The second-order valence-corrected chi connectivity index (χ2v) is 8.08. The number of nitrogens with one attached hydrogen (secondary N) is 3. The summed E-state index contributed by atoms with van der Waals surface area (Å²) in [6.45, 7) is 4.17. The molecule has 0 radical (unpaired) electrons. The molecule has 1 aromatic rings. The Hall–Kier alpha value is -2.91. The van der Waals surface area contributed by atoms with E-state index in [0.717, 1.165) is 0 Å². The van der Waals surface area contributed by atoms with Crippen LogP contribution in [0.3, 0.4) is 0 Å². The predicted molar refractivity (Wildman–Crippen MR) is 98.5 cm³/mol. The summed E-state index contributed by atoms with van der Waals surface area (Å²) in [6, 6.07) is -2.31. The van der Waals surface area contributed by atoms with Crippen molar-refractivity contribution in [3.05, 3.63) is 18.2 Å². The fraction of sp³-hybridized carbons (Fsp3) is 0.611. The number of nitrogens with two attached hydrogens (primary N) is 1. The second-order valence-electron chi connectivity index (χ2n) is 8.08. The van der Waals surface area contributed by atoms with Gasteiger partial charge < -0.3 is 26.3 Å². The number of carbonyl (C=O) groups is 4. The van der Waals surface area contributed by atoms with Gasteiger partial charge in [-0.15, -0.1) is 0 Å². The molecule has 3 heterocycles. The highest BCUT2D eigenvalue weighted by molar-refractivity contribution is 5.95. The molecular weight excluding hydrogens is 364 g/mol. The maximum absolute atomic E-state index is 13.3. The van der Waals surface area contributed by atoms with E-state index in [-0.39, 0.29) is 24.7 Å². The van der Waals surface area contributed by atoms with Crippen LogP contribution in [0.1, 0.15) is 38.8 Å². The maximum Gasteiger partial charge on any atom is 0.246 e. The van der Waals surface area contributed by atoms with E-state index < -0.39 is 35.4 Å². The van der Waals surface area contributed by atoms with Crippen LogP contribution in [0.5, 0.6) is 0 Å². The van der Waals surface area contributed by atoms with Gasteiger partial charge in [0.25, 0.3) is 0 Å². The normalized spacial score (nSPS) is 24.6. The molecule has 0 unspecified atom stereocenters. The lowest BCUT2D eigenvalue weighted by atomic mass is 9.84. The molecule has 2 fully saturated rings. The third kappa shape index (κ3) is 4.00. The molecule has 2 aliphatic rings. The average Bonchev–Trinajstić information content (AvgIpc) is 3.33. The van der Waals surface area contributed by atoms with E-state index in [1.807, 2.05) is 13.8 Å². The zero-order valence-corrected chi connectivity index (χ0v) is 16.0. The standard InChI is InChI=1S/C18H26N6O4/c1-18(2)5-6-24(14(18)15(19)26)17(28)12(7-10-8-20-9-21-10)23-16(27)11-3-4-13(25)22-11/h8-9,11-12,14H,3-7H2,1-2H3,(H2,19,26)(H,20,21)(H,22,25)(H,23,27)/t11-,12-,14+/m0/s1. The van der Waals surface area contributed by atoms with Gasteiger partial charge in [0.15, 0.2) is 0 Å². The van der Waals surface area contributed by atoms with Crippen molar-refractivity contribution in [2.45, 2.75) is 57.7 Å². The molecule has 10 heteroatoms. The van der Waals surface area contributed by atoms with E-state index in [2.05, 4.69) is 20.6 Å². The number of imidazole rings is 1. The molecule has 0 saturated carbocycles. The van der Waals surface area contributed by atoms with Crippen molar-refractivity contribution < 1.29 is 19.2 Å². The molecule has 0 aromatic carbocycles. The van der Waals surface area contributed by atoms with Crippen molar-refractivity contribution in [1.29, 1.82) is 0 Å². The van der Waals surface area contributed by atoms with Gasteiger partial charge in [0, 0.05) is 31.3 Å².